The molecule has 1 fully saturated rings. The Morgan fingerprint density at radius 1 is 1.21 bits per heavy atom. The summed E-state index contributed by atoms with van der Waals surface area (Å²) in [5, 5.41) is 4.70. The van der Waals surface area contributed by atoms with Gasteiger partial charge in [0.1, 0.15) is 12.5 Å². The van der Waals surface area contributed by atoms with E-state index in [2.05, 4.69) is 10.1 Å². The summed E-state index contributed by atoms with van der Waals surface area (Å²) >= 11 is 5.95. The van der Waals surface area contributed by atoms with Crippen molar-refractivity contribution in [1.29, 1.82) is 0 Å². The average Bonchev–Trinajstić information content (AvgIpc) is 3.17. The third-order valence-electron chi connectivity index (χ3n) is 4.82. The Morgan fingerprint density at radius 3 is 2.79 bits per heavy atom. The molecule has 1 aromatic heterocycles. The van der Waals surface area contributed by atoms with Gasteiger partial charge >= 0.3 is 0 Å². The van der Waals surface area contributed by atoms with Gasteiger partial charge in [0.2, 0.25) is 17.6 Å². The van der Waals surface area contributed by atoms with E-state index < -0.39 is 0 Å². The van der Waals surface area contributed by atoms with E-state index in [4.69, 9.17) is 20.9 Å². The van der Waals surface area contributed by atoms with Crippen LogP contribution in [0.5, 0.6) is 0 Å². The molecule has 144 valence electrons. The zero-order valence-corrected chi connectivity index (χ0v) is 16.2. The molecule has 7 heteroatoms. The first-order valence-corrected chi connectivity index (χ1v) is 9.51. The summed E-state index contributed by atoms with van der Waals surface area (Å²) in [6, 6.07) is 15.3. The summed E-state index contributed by atoms with van der Waals surface area (Å²) < 4.78 is 11.1. The maximum absolute atomic E-state index is 12.7. The third-order valence-corrected chi connectivity index (χ3v) is 5.07. The van der Waals surface area contributed by atoms with Gasteiger partial charge in [-0.2, -0.15) is 4.98 Å². The first-order chi connectivity index (χ1) is 13.6. The molecule has 2 heterocycles. The predicted octanol–water partition coefficient (Wildman–Crippen LogP) is 3.84. The van der Waals surface area contributed by atoms with Crippen LogP contribution in [0.15, 0.2) is 53.1 Å². The lowest BCUT2D eigenvalue weighted by Crippen LogP contribution is -2.43. The van der Waals surface area contributed by atoms with Gasteiger partial charge in [-0.1, -0.05) is 53.2 Å². The highest BCUT2D eigenvalue weighted by Gasteiger charge is 2.26. The fourth-order valence-corrected chi connectivity index (χ4v) is 3.38. The molecule has 28 heavy (non-hydrogen) atoms. The lowest BCUT2D eigenvalue weighted by Gasteiger charge is -2.33. The van der Waals surface area contributed by atoms with Crippen LogP contribution in [0.1, 0.15) is 23.1 Å². The molecule has 0 N–H and O–H groups in total. The second kappa shape index (κ2) is 8.12. The number of aromatic nitrogens is 2. The largest absolute Gasteiger partial charge is 0.370 e. The van der Waals surface area contributed by atoms with Crippen LogP contribution >= 0.6 is 11.6 Å². The molecule has 0 bridgehead atoms. The number of hydrogen-bond acceptors (Lipinski definition) is 5. The van der Waals surface area contributed by atoms with E-state index in [1.54, 1.807) is 4.90 Å². The van der Waals surface area contributed by atoms with Crippen molar-refractivity contribution in [2.24, 2.45) is 0 Å². The number of ether oxygens (including phenoxy) is 1. The Labute approximate surface area is 168 Å². The maximum atomic E-state index is 12.7. The number of halogens is 1. The molecule has 4 rings (SSSR count). The van der Waals surface area contributed by atoms with Crippen LogP contribution in [0, 0.1) is 6.92 Å². The van der Waals surface area contributed by atoms with Gasteiger partial charge in [0.25, 0.3) is 0 Å². The van der Waals surface area contributed by atoms with Crippen molar-refractivity contribution in [2.45, 2.75) is 19.4 Å². The fraction of sp³-hybridized carbons (Fsp3) is 0.286. The van der Waals surface area contributed by atoms with Gasteiger partial charge in [-0.25, -0.2) is 0 Å². The van der Waals surface area contributed by atoms with Gasteiger partial charge in [0, 0.05) is 17.1 Å². The standard InChI is InChI=1S/C21H20ClN3O3/c1-14-4-2-3-5-17(14)21-23-19(28-24-21)12-20(26)25-10-11-27-18(13-25)15-6-8-16(22)9-7-15/h2-9,18H,10-13H2,1H3. The van der Waals surface area contributed by atoms with E-state index in [1.165, 1.54) is 0 Å². The van der Waals surface area contributed by atoms with Crippen molar-refractivity contribution in [1.82, 2.24) is 15.0 Å². The maximum Gasteiger partial charge on any atom is 0.236 e. The van der Waals surface area contributed by atoms with Crippen LogP contribution < -0.4 is 0 Å². The molecule has 0 aliphatic carbocycles. The quantitative estimate of drug-likeness (QED) is 0.669. The molecule has 1 atom stereocenters. The minimum atomic E-state index is -0.166. The van der Waals surface area contributed by atoms with E-state index in [1.807, 2.05) is 55.5 Å². The zero-order chi connectivity index (χ0) is 19.5. The average molecular weight is 398 g/mol. The van der Waals surface area contributed by atoms with Crippen LogP contribution in [0.25, 0.3) is 11.4 Å². The molecule has 2 aromatic carbocycles. The van der Waals surface area contributed by atoms with Crippen molar-refractivity contribution >= 4 is 17.5 Å². The summed E-state index contributed by atoms with van der Waals surface area (Å²) in [7, 11) is 0. The fourth-order valence-electron chi connectivity index (χ4n) is 3.26. The monoisotopic (exact) mass is 397 g/mol. The number of hydrogen-bond donors (Lipinski definition) is 0. The highest BCUT2D eigenvalue weighted by atomic mass is 35.5. The van der Waals surface area contributed by atoms with Gasteiger partial charge in [-0.15, -0.1) is 0 Å². The Morgan fingerprint density at radius 2 is 2.00 bits per heavy atom. The lowest BCUT2D eigenvalue weighted by atomic mass is 10.1. The number of carbonyl (C=O) groups is 1. The number of aryl methyl sites for hydroxylation is 1. The topological polar surface area (TPSA) is 68.5 Å². The first kappa shape index (κ1) is 18.7. The number of carbonyl (C=O) groups excluding carboxylic acids is 1. The number of amides is 1. The number of morpholine rings is 1. The summed E-state index contributed by atoms with van der Waals surface area (Å²) in [4.78, 5) is 18.9. The molecule has 3 aromatic rings. The van der Waals surface area contributed by atoms with E-state index in [0.717, 1.165) is 16.7 Å². The molecule has 1 unspecified atom stereocenters. The zero-order valence-electron chi connectivity index (χ0n) is 15.5. The second-order valence-corrected chi connectivity index (χ2v) is 7.19. The Balaban J connectivity index is 1.42. The number of benzene rings is 2. The van der Waals surface area contributed by atoms with Crippen molar-refractivity contribution in [3.63, 3.8) is 0 Å². The van der Waals surface area contributed by atoms with Gasteiger partial charge < -0.3 is 14.2 Å². The van der Waals surface area contributed by atoms with Gasteiger partial charge in [0.15, 0.2) is 0 Å². The molecule has 0 saturated carbocycles. The minimum Gasteiger partial charge on any atom is -0.370 e. The van der Waals surface area contributed by atoms with E-state index in [0.29, 0.717) is 36.4 Å². The molecular formula is C21H20ClN3O3. The minimum absolute atomic E-state index is 0.0535. The smallest absolute Gasteiger partial charge is 0.236 e. The molecule has 1 aliphatic heterocycles. The van der Waals surface area contributed by atoms with Crippen molar-refractivity contribution in [2.75, 3.05) is 19.7 Å². The van der Waals surface area contributed by atoms with Crippen molar-refractivity contribution in [3.05, 3.63) is 70.6 Å². The molecule has 1 amide bonds. The summed E-state index contributed by atoms with van der Waals surface area (Å²) in [6.07, 6.45) is -0.0909. The van der Waals surface area contributed by atoms with Crippen LogP contribution in [0.2, 0.25) is 5.02 Å². The van der Waals surface area contributed by atoms with Crippen LogP contribution in [0.4, 0.5) is 0 Å². The van der Waals surface area contributed by atoms with Crippen LogP contribution in [0.3, 0.4) is 0 Å². The Bertz CT molecular complexity index is 971. The van der Waals surface area contributed by atoms with Crippen molar-refractivity contribution in [3.8, 4) is 11.4 Å². The van der Waals surface area contributed by atoms with Gasteiger partial charge in [-0.3, -0.25) is 4.79 Å². The third kappa shape index (κ3) is 4.08. The van der Waals surface area contributed by atoms with E-state index >= 15 is 0 Å². The molecule has 6 nitrogen and oxygen atoms in total. The predicted molar refractivity (Wildman–Crippen MR) is 105 cm³/mol. The van der Waals surface area contributed by atoms with Crippen LogP contribution in [-0.4, -0.2) is 40.6 Å². The first-order valence-electron chi connectivity index (χ1n) is 9.13. The highest BCUT2D eigenvalue weighted by Crippen LogP contribution is 2.24. The summed E-state index contributed by atoms with van der Waals surface area (Å²) in [5.41, 5.74) is 2.96. The summed E-state index contributed by atoms with van der Waals surface area (Å²) in [6.45, 7) is 3.50. The summed E-state index contributed by atoms with van der Waals surface area (Å²) in [5.74, 6) is 0.766. The molecular weight excluding hydrogens is 378 g/mol. The lowest BCUT2D eigenvalue weighted by molar-refractivity contribution is -0.138. The second-order valence-electron chi connectivity index (χ2n) is 6.75. The van der Waals surface area contributed by atoms with E-state index in [-0.39, 0.29) is 18.4 Å². The van der Waals surface area contributed by atoms with Gasteiger partial charge in [0.05, 0.1) is 13.2 Å². The normalized spacial score (nSPS) is 16.9. The van der Waals surface area contributed by atoms with Gasteiger partial charge in [-0.05, 0) is 30.2 Å². The van der Waals surface area contributed by atoms with E-state index in [9.17, 15) is 4.79 Å². The van der Waals surface area contributed by atoms with Crippen molar-refractivity contribution < 1.29 is 14.1 Å². The SMILES string of the molecule is Cc1ccccc1-c1noc(CC(=O)N2CCOC(c3ccc(Cl)cc3)C2)n1. The molecule has 0 radical (unpaired) electrons. The molecule has 1 aliphatic rings. The highest BCUT2D eigenvalue weighted by molar-refractivity contribution is 6.30. The molecule has 1 saturated heterocycles. The number of rotatable bonds is 4. The Kier molecular flexibility index (Phi) is 5.41. The van der Waals surface area contributed by atoms with Crippen LogP contribution in [-0.2, 0) is 16.0 Å². The Hall–Kier alpha value is -2.70. The molecule has 0 spiro atoms. The number of nitrogens with zero attached hydrogens (tertiary/aromatic N) is 3.